The first-order chi connectivity index (χ1) is 7.56. The van der Waals surface area contributed by atoms with Crippen LogP contribution in [0.4, 0.5) is 0 Å². The number of amides is 1. The molecule has 0 fully saturated rings. The highest BCUT2D eigenvalue weighted by Crippen LogP contribution is 2.04. The highest BCUT2D eigenvalue weighted by atomic mass is 16.5. The van der Waals surface area contributed by atoms with Crippen molar-refractivity contribution in [2.45, 2.75) is 19.9 Å². The zero-order chi connectivity index (χ0) is 12.1. The minimum Gasteiger partial charge on any atom is -0.467 e. The summed E-state index contributed by atoms with van der Waals surface area (Å²) in [5, 5.41) is 12.0. The molecule has 88 valence electrons. The van der Waals surface area contributed by atoms with Crippen LogP contribution in [-0.4, -0.2) is 40.4 Å². The molecule has 16 heavy (non-hydrogen) atoms. The van der Waals surface area contributed by atoms with Crippen molar-refractivity contribution in [1.29, 1.82) is 0 Å². The van der Waals surface area contributed by atoms with E-state index in [1.165, 1.54) is 13.3 Å². The number of nitrogens with zero attached hydrogens (tertiary/aromatic N) is 2. The van der Waals surface area contributed by atoms with E-state index in [1.807, 2.05) is 13.8 Å². The Labute approximate surface area is 92.6 Å². The van der Waals surface area contributed by atoms with Crippen LogP contribution in [0.3, 0.4) is 0 Å². The minimum absolute atomic E-state index is 0.0664. The molecular weight excluding hydrogens is 212 g/mol. The summed E-state index contributed by atoms with van der Waals surface area (Å²) in [7, 11) is 1.28. The lowest BCUT2D eigenvalue weighted by Gasteiger charge is -2.18. The number of ether oxygens (including phenoxy) is 1. The summed E-state index contributed by atoms with van der Waals surface area (Å²) in [6.45, 7) is 3.62. The Morgan fingerprint density at radius 2 is 2.19 bits per heavy atom. The molecule has 0 aliphatic heterocycles. The topological polar surface area (TPSA) is 97.0 Å². The highest BCUT2D eigenvalue weighted by Gasteiger charge is 2.25. The average molecular weight is 226 g/mol. The fourth-order valence-electron chi connectivity index (χ4n) is 1.15. The van der Waals surface area contributed by atoms with Gasteiger partial charge in [0.2, 0.25) is 0 Å². The third-order valence-electron chi connectivity index (χ3n) is 2.06. The number of esters is 1. The molecule has 1 aromatic rings. The van der Waals surface area contributed by atoms with E-state index >= 15 is 0 Å². The predicted octanol–water partition coefficient (Wildman–Crippen LogP) is -0.268. The molecule has 1 heterocycles. The zero-order valence-electron chi connectivity index (χ0n) is 9.35. The van der Waals surface area contributed by atoms with Crippen molar-refractivity contribution < 1.29 is 14.3 Å². The Kier molecular flexibility index (Phi) is 3.98. The third-order valence-corrected chi connectivity index (χ3v) is 2.06. The fourth-order valence-corrected chi connectivity index (χ4v) is 1.15. The van der Waals surface area contributed by atoms with Crippen LogP contribution in [0.15, 0.2) is 6.20 Å². The van der Waals surface area contributed by atoms with E-state index in [9.17, 15) is 9.59 Å². The summed E-state index contributed by atoms with van der Waals surface area (Å²) in [5.74, 6) is -1.01. The van der Waals surface area contributed by atoms with Gasteiger partial charge in [-0.2, -0.15) is 15.4 Å². The van der Waals surface area contributed by atoms with E-state index in [2.05, 4.69) is 25.5 Å². The number of methoxy groups -OCH3 is 1. The van der Waals surface area contributed by atoms with Gasteiger partial charge in [0.15, 0.2) is 5.69 Å². The van der Waals surface area contributed by atoms with Crippen LogP contribution in [-0.2, 0) is 9.53 Å². The van der Waals surface area contributed by atoms with Gasteiger partial charge in [-0.05, 0) is 5.92 Å². The Bertz CT molecular complexity index is 361. The van der Waals surface area contributed by atoms with E-state index in [0.717, 1.165) is 0 Å². The van der Waals surface area contributed by atoms with E-state index in [0.29, 0.717) is 0 Å². The smallest absolute Gasteiger partial charge is 0.328 e. The predicted molar refractivity (Wildman–Crippen MR) is 54.5 cm³/mol. The molecule has 0 aromatic carbocycles. The van der Waals surface area contributed by atoms with Gasteiger partial charge < -0.3 is 10.1 Å². The lowest BCUT2D eigenvalue weighted by Crippen LogP contribution is -2.45. The summed E-state index contributed by atoms with van der Waals surface area (Å²) < 4.78 is 4.59. The lowest BCUT2D eigenvalue weighted by atomic mass is 10.0. The third kappa shape index (κ3) is 2.78. The molecule has 1 aromatic heterocycles. The molecule has 0 saturated heterocycles. The largest absolute Gasteiger partial charge is 0.467 e. The average Bonchev–Trinajstić information content (AvgIpc) is 2.77. The second-order valence-electron chi connectivity index (χ2n) is 3.57. The summed E-state index contributed by atoms with van der Waals surface area (Å²) in [6, 6.07) is -0.686. The number of nitrogens with one attached hydrogen (secondary N) is 2. The first kappa shape index (κ1) is 12.2. The Hall–Kier alpha value is -1.92. The molecule has 1 amide bonds. The molecule has 7 nitrogen and oxygen atoms in total. The van der Waals surface area contributed by atoms with Gasteiger partial charge in [-0.15, -0.1) is 0 Å². The monoisotopic (exact) mass is 226 g/mol. The Balaban J connectivity index is 2.69. The summed E-state index contributed by atoms with van der Waals surface area (Å²) in [5.41, 5.74) is 0.134. The first-order valence-electron chi connectivity index (χ1n) is 4.80. The molecule has 0 bridgehead atoms. The zero-order valence-corrected chi connectivity index (χ0v) is 9.35. The van der Waals surface area contributed by atoms with Crippen molar-refractivity contribution in [2.24, 2.45) is 5.92 Å². The molecule has 0 radical (unpaired) electrons. The number of carbonyl (C=O) groups is 2. The maximum Gasteiger partial charge on any atom is 0.328 e. The van der Waals surface area contributed by atoms with Gasteiger partial charge in [-0.25, -0.2) is 4.79 Å². The van der Waals surface area contributed by atoms with Crippen LogP contribution in [0.2, 0.25) is 0 Å². The second kappa shape index (κ2) is 5.24. The van der Waals surface area contributed by atoms with Crippen molar-refractivity contribution in [3.63, 3.8) is 0 Å². The molecule has 1 unspecified atom stereocenters. The van der Waals surface area contributed by atoms with E-state index in [4.69, 9.17) is 0 Å². The molecule has 0 saturated carbocycles. The van der Waals surface area contributed by atoms with Gasteiger partial charge >= 0.3 is 5.97 Å². The molecule has 2 N–H and O–H groups in total. The van der Waals surface area contributed by atoms with Crippen molar-refractivity contribution in [2.75, 3.05) is 7.11 Å². The van der Waals surface area contributed by atoms with Crippen molar-refractivity contribution >= 4 is 11.9 Å². The Morgan fingerprint density at radius 3 is 2.62 bits per heavy atom. The molecular formula is C9H14N4O3. The van der Waals surface area contributed by atoms with Gasteiger partial charge in [0, 0.05) is 0 Å². The number of aromatic amines is 1. The quantitative estimate of drug-likeness (QED) is 0.689. The van der Waals surface area contributed by atoms with Crippen molar-refractivity contribution in [3.05, 3.63) is 11.9 Å². The van der Waals surface area contributed by atoms with Crippen LogP contribution in [0.1, 0.15) is 24.3 Å². The molecule has 1 rings (SSSR count). The molecule has 0 spiro atoms. The van der Waals surface area contributed by atoms with E-state index < -0.39 is 17.9 Å². The van der Waals surface area contributed by atoms with Crippen molar-refractivity contribution in [1.82, 2.24) is 20.7 Å². The van der Waals surface area contributed by atoms with Crippen LogP contribution in [0, 0.1) is 5.92 Å². The molecule has 7 heteroatoms. The first-order valence-corrected chi connectivity index (χ1v) is 4.80. The number of hydrogen-bond donors (Lipinski definition) is 2. The minimum atomic E-state index is -0.686. The van der Waals surface area contributed by atoms with E-state index in [-0.39, 0.29) is 11.6 Å². The number of hydrogen-bond acceptors (Lipinski definition) is 5. The summed E-state index contributed by atoms with van der Waals surface area (Å²) in [4.78, 5) is 23.0. The summed E-state index contributed by atoms with van der Waals surface area (Å²) >= 11 is 0. The van der Waals surface area contributed by atoms with Gasteiger partial charge in [0.05, 0.1) is 13.3 Å². The lowest BCUT2D eigenvalue weighted by molar-refractivity contribution is -0.144. The number of aromatic nitrogens is 3. The summed E-state index contributed by atoms with van der Waals surface area (Å²) in [6.07, 6.45) is 1.28. The normalized spacial score (nSPS) is 12.2. The maximum atomic E-state index is 11.6. The maximum absolute atomic E-state index is 11.6. The van der Waals surface area contributed by atoms with E-state index in [1.54, 1.807) is 0 Å². The van der Waals surface area contributed by atoms with Gasteiger partial charge in [0.1, 0.15) is 6.04 Å². The van der Waals surface area contributed by atoms with Crippen LogP contribution >= 0.6 is 0 Å². The fraction of sp³-hybridized carbons (Fsp3) is 0.556. The van der Waals surface area contributed by atoms with Gasteiger partial charge in [-0.3, -0.25) is 4.79 Å². The van der Waals surface area contributed by atoms with Crippen LogP contribution < -0.4 is 5.32 Å². The standard InChI is InChI=1S/C9H14N4O3/c1-5(2)7(9(15)16-3)11-8(14)6-4-10-13-12-6/h4-5,7H,1-3H3,(H,11,14)(H,10,12,13). The van der Waals surface area contributed by atoms with Crippen LogP contribution in [0.5, 0.6) is 0 Å². The van der Waals surface area contributed by atoms with Gasteiger partial charge in [-0.1, -0.05) is 13.8 Å². The number of H-pyrrole nitrogens is 1. The van der Waals surface area contributed by atoms with Gasteiger partial charge in [0.25, 0.3) is 5.91 Å². The number of carbonyl (C=O) groups excluding carboxylic acids is 2. The Morgan fingerprint density at radius 1 is 1.50 bits per heavy atom. The number of rotatable bonds is 4. The molecule has 0 aliphatic carbocycles. The molecule has 0 aliphatic rings. The molecule has 1 atom stereocenters. The highest BCUT2D eigenvalue weighted by molar-refractivity contribution is 5.94. The SMILES string of the molecule is COC(=O)C(NC(=O)c1cn[nH]n1)C(C)C. The van der Waals surface area contributed by atoms with Crippen molar-refractivity contribution in [3.8, 4) is 0 Å². The van der Waals surface area contributed by atoms with Crippen LogP contribution in [0.25, 0.3) is 0 Å². The second-order valence-corrected chi connectivity index (χ2v) is 3.57.